The molecule has 1 aromatic carbocycles. The van der Waals surface area contributed by atoms with Gasteiger partial charge in [-0.3, -0.25) is 0 Å². The Kier molecular flexibility index (Phi) is 5.71. The molecule has 0 bridgehead atoms. The van der Waals surface area contributed by atoms with Crippen LogP contribution in [0, 0.1) is 6.57 Å². The second-order valence-electron chi connectivity index (χ2n) is 5.06. The van der Waals surface area contributed by atoms with E-state index < -0.39 is 0 Å². The van der Waals surface area contributed by atoms with Crippen LogP contribution in [0.25, 0.3) is 4.85 Å². The molecule has 0 spiro atoms. The molecule has 102 valence electrons. The van der Waals surface area contributed by atoms with Gasteiger partial charge in [-0.05, 0) is 44.5 Å². The number of ether oxygens (including phenoxy) is 1. The highest BCUT2D eigenvalue weighted by molar-refractivity contribution is 5.46. The van der Waals surface area contributed by atoms with Crippen molar-refractivity contribution < 1.29 is 4.74 Å². The Labute approximate surface area is 116 Å². The van der Waals surface area contributed by atoms with Crippen LogP contribution in [0.2, 0.25) is 0 Å². The van der Waals surface area contributed by atoms with Crippen LogP contribution in [-0.2, 0) is 0 Å². The molecular weight excluding hydrogens is 236 g/mol. The molecule has 0 unspecified atom stereocenters. The molecule has 0 radical (unpaired) electrons. The smallest absolute Gasteiger partial charge is 0.187 e. The molecule has 19 heavy (non-hydrogen) atoms. The lowest BCUT2D eigenvalue weighted by Crippen LogP contribution is -2.26. The Morgan fingerprint density at radius 3 is 2.37 bits per heavy atom. The molecule has 2 rings (SSSR count). The van der Waals surface area contributed by atoms with E-state index in [0.717, 1.165) is 25.3 Å². The highest BCUT2D eigenvalue weighted by Crippen LogP contribution is 2.18. The van der Waals surface area contributed by atoms with Gasteiger partial charge in [0.05, 0.1) is 13.2 Å². The van der Waals surface area contributed by atoms with Gasteiger partial charge in [0.25, 0.3) is 0 Å². The number of hydrogen-bond acceptors (Lipinski definition) is 2. The number of rotatable bonds is 5. The van der Waals surface area contributed by atoms with Gasteiger partial charge in [-0.1, -0.05) is 25.0 Å². The normalized spacial score (nSPS) is 16.6. The van der Waals surface area contributed by atoms with Crippen molar-refractivity contribution in [1.29, 1.82) is 0 Å². The van der Waals surface area contributed by atoms with E-state index in [0.29, 0.717) is 5.69 Å². The van der Waals surface area contributed by atoms with Crippen molar-refractivity contribution in [1.82, 2.24) is 4.90 Å². The third-order valence-electron chi connectivity index (χ3n) is 3.55. The number of hydrogen-bond donors (Lipinski definition) is 0. The largest absolute Gasteiger partial charge is 0.494 e. The predicted octanol–water partition coefficient (Wildman–Crippen LogP) is 3.88. The summed E-state index contributed by atoms with van der Waals surface area (Å²) in [5.74, 6) is 0.864. The van der Waals surface area contributed by atoms with Gasteiger partial charge in [0.2, 0.25) is 0 Å². The van der Waals surface area contributed by atoms with E-state index in [1.165, 1.54) is 38.8 Å². The van der Waals surface area contributed by atoms with Gasteiger partial charge in [0, 0.05) is 6.54 Å². The van der Waals surface area contributed by atoms with Crippen molar-refractivity contribution in [2.75, 3.05) is 26.2 Å². The van der Waals surface area contributed by atoms with Crippen LogP contribution in [0.5, 0.6) is 5.75 Å². The summed E-state index contributed by atoms with van der Waals surface area (Å²) in [6, 6.07) is 7.35. The predicted molar refractivity (Wildman–Crippen MR) is 77.7 cm³/mol. The standard InChI is InChI=1S/C16H22N2O/c1-17-15-7-9-16(10-8-15)19-14-6-13-18-11-4-2-3-5-12-18/h7-10H,2-6,11-14H2. The van der Waals surface area contributed by atoms with Crippen LogP contribution in [0.3, 0.4) is 0 Å². The number of nitrogens with zero attached hydrogens (tertiary/aromatic N) is 2. The maximum absolute atomic E-state index is 6.89. The molecule has 0 aromatic heterocycles. The number of likely N-dealkylation sites (tertiary alicyclic amines) is 1. The second kappa shape index (κ2) is 7.81. The summed E-state index contributed by atoms with van der Waals surface area (Å²) >= 11 is 0. The second-order valence-corrected chi connectivity index (χ2v) is 5.06. The average molecular weight is 258 g/mol. The molecule has 0 aliphatic carbocycles. The van der Waals surface area contributed by atoms with Gasteiger partial charge in [0.15, 0.2) is 5.69 Å². The van der Waals surface area contributed by atoms with Gasteiger partial charge >= 0.3 is 0 Å². The van der Waals surface area contributed by atoms with E-state index in [9.17, 15) is 0 Å². The van der Waals surface area contributed by atoms with Crippen molar-refractivity contribution in [2.24, 2.45) is 0 Å². The quantitative estimate of drug-likeness (QED) is 0.589. The molecule has 1 aromatic rings. The van der Waals surface area contributed by atoms with Crippen LogP contribution < -0.4 is 4.74 Å². The zero-order valence-corrected chi connectivity index (χ0v) is 11.5. The maximum Gasteiger partial charge on any atom is 0.187 e. The first-order valence-corrected chi connectivity index (χ1v) is 7.21. The molecule has 0 N–H and O–H groups in total. The van der Waals surface area contributed by atoms with Crippen LogP contribution in [0.1, 0.15) is 32.1 Å². The van der Waals surface area contributed by atoms with E-state index in [2.05, 4.69) is 9.74 Å². The summed E-state index contributed by atoms with van der Waals surface area (Å²) in [6.07, 6.45) is 6.54. The molecule has 1 fully saturated rings. The lowest BCUT2D eigenvalue weighted by atomic mass is 10.2. The Balaban J connectivity index is 1.64. The molecule has 1 aliphatic rings. The lowest BCUT2D eigenvalue weighted by molar-refractivity contribution is 0.240. The minimum absolute atomic E-state index is 0.664. The number of benzene rings is 1. The van der Waals surface area contributed by atoms with Crippen molar-refractivity contribution in [3.63, 3.8) is 0 Å². The van der Waals surface area contributed by atoms with Crippen molar-refractivity contribution in [2.45, 2.75) is 32.1 Å². The Bertz CT molecular complexity index is 400. The zero-order chi connectivity index (χ0) is 13.3. The molecular formula is C16H22N2O. The first kappa shape index (κ1) is 13.9. The summed E-state index contributed by atoms with van der Waals surface area (Å²) in [4.78, 5) is 5.92. The Hall–Kier alpha value is -1.53. The summed E-state index contributed by atoms with van der Waals surface area (Å²) in [7, 11) is 0. The minimum Gasteiger partial charge on any atom is -0.494 e. The summed E-state index contributed by atoms with van der Waals surface area (Å²) in [5.41, 5.74) is 0.664. The van der Waals surface area contributed by atoms with E-state index in [4.69, 9.17) is 11.3 Å². The highest BCUT2D eigenvalue weighted by Gasteiger charge is 2.08. The topological polar surface area (TPSA) is 16.8 Å². The minimum atomic E-state index is 0.664. The van der Waals surface area contributed by atoms with Crippen molar-refractivity contribution >= 4 is 5.69 Å². The molecule has 1 heterocycles. The van der Waals surface area contributed by atoms with Crippen LogP contribution in [-0.4, -0.2) is 31.1 Å². The van der Waals surface area contributed by atoms with E-state index in [1.54, 1.807) is 12.1 Å². The van der Waals surface area contributed by atoms with Crippen molar-refractivity contribution in [3.8, 4) is 5.75 Å². The molecule has 0 atom stereocenters. The van der Waals surface area contributed by atoms with Gasteiger partial charge in [0.1, 0.15) is 5.75 Å². The first-order valence-electron chi connectivity index (χ1n) is 7.21. The van der Waals surface area contributed by atoms with Gasteiger partial charge in [-0.25, -0.2) is 4.85 Å². The highest BCUT2D eigenvalue weighted by atomic mass is 16.5. The fourth-order valence-corrected chi connectivity index (χ4v) is 2.45. The van der Waals surface area contributed by atoms with E-state index in [-0.39, 0.29) is 0 Å². The SMILES string of the molecule is [C-]#[N+]c1ccc(OCCCN2CCCCCC2)cc1. The van der Waals surface area contributed by atoms with Gasteiger partial charge < -0.3 is 9.64 Å². The monoisotopic (exact) mass is 258 g/mol. The van der Waals surface area contributed by atoms with E-state index in [1.807, 2.05) is 12.1 Å². The van der Waals surface area contributed by atoms with E-state index >= 15 is 0 Å². The third-order valence-corrected chi connectivity index (χ3v) is 3.55. The summed E-state index contributed by atoms with van der Waals surface area (Å²) in [6.45, 7) is 11.3. The molecule has 0 saturated carbocycles. The Morgan fingerprint density at radius 1 is 1.05 bits per heavy atom. The fourth-order valence-electron chi connectivity index (χ4n) is 2.45. The van der Waals surface area contributed by atoms with Crippen LogP contribution >= 0.6 is 0 Å². The molecule has 0 amide bonds. The van der Waals surface area contributed by atoms with Crippen LogP contribution in [0.15, 0.2) is 24.3 Å². The molecule has 3 heteroatoms. The average Bonchev–Trinajstić information content (AvgIpc) is 2.73. The van der Waals surface area contributed by atoms with Gasteiger partial charge in [-0.15, -0.1) is 0 Å². The molecule has 1 aliphatic heterocycles. The zero-order valence-electron chi connectivity index (χ0n) is 11.5. The lowest BCUT2D eigenvalue weighted by Gasteiger charge is -2.19. The summed E-state index contributed by atoms with van der Waals surface area (Å²) in [5, 5.41) is 0. The van der Waals surface area contributed by atoms with Crippen LogP contribution in [0.4, 0.5) is 5.69 Å². The Morgan fingerprint density at radius 2 is 1.74 bits per heavy atom. The van der Waals surface area contributed by atoms with Gasteiger partial charge in [-0.2, -0.15) is 0 Å². The summed E-state index contributed by atoms with van der Waals surface area (Å²) < 4.78 is 5.70. The molecule has 1 saturated heterocycles. The first-order chi connectivity index (χ1) is 9.38. The maximum atomic E-state index is 6.89. The third kappa shape index (κ3) is 4.92. The fraction of sp³-hybridized carbons (Fsp3) is 0.562. The van der Waals surface area contributed by atoms with Crippen molar-refractivity contribution in [3.05, 3.63) is 35.7 Å². The molecule has 3 nitrogen and oxygen atoms in total.